The summed E-state index contributed by atoms with van der Waals surface area (Å²) >= 11 is 0. The zero-order valence-electron chi connectivity index (χ0n) is 7.64. The number of nitriles is 2. The Kier molecular flexibility index (Phi) is 3.24. The number of rotatable bonds is 3. The third kappa shape index (κ3) is 1.74. The first-order valence-corrected chi connectivity index (χ1v) is 3.90. The second kappa shape index (κ2) is 4.43. The van der Waals surface area contributed by atoms with Crippen molar-refractivity contribution in [1.29, 1.82) is 10.5 Å². The molecule has 0 aliphatic rings. The Morgan fingerprint density at radius 1 is 1.57 bits per heavy atom. The van der Waals surface area contributed by atoms with Crippen LogP contribution in [0.5, 0.6) is 0 Å². The van der Waals surface area contributed by atoms with E-state index < -0.39 is 6.10 Å². The first kappa shape index (κ1) is 10.3. The minimum Gasteiger partial charge on any atom is -0.373 e. The Bertz CT molecular complexity index is 397. The van der Waals surface area contributed by atoms with E-state index >= 15 is 0 Å². The van der Waals surface area contributed by atoms with Crippen LogP contribution >= 0.6 is 0 Å². The van der Waals surface area contributed by atoms with Gasteiger partial charge in [-0.3, -0.25) is 0 Å². The van der Waals surface area contributed by atoms with Gasteiger partial charge in [0.1, 0.15) is 24.6 Å². The smallest absolute Gasteiger partial charge is 0.181 e. The molecule has 0 spiro atoms. The SMILES string of the molecule is COCn1c(C#N)ccc1[C@@H](O)C#N. The second-order valence-electron chi connectivity index (χ2n) is 2.63. The first-order chi connectivity index (χ1) is 6.74. The maximum atomic E-state index is 9.30. The molecule has 5 nitrogen and oxygen atoms in total. The highest BCUT2D eigenvalue weighted by Crippen LogP contribution is 2.16. The van der Waals surface area contributed by atoms with Crippen molar-refractivity contribution in [3.05, 3.63) is 23.5 Å². The lowest BCUT2D eigenvalue weighted by molar-refractivity contribution is 0.120. The summed E-state index contributed by atoms with van der Waals surface area (Å²) in [4.78, 5) is 0. The van der Waals surface area contributed by atoms with Crippen molar-refractivity contribution < 1.29 is 9.84 Å². The number of nitrogens with zero attached hydrogens (tertiary/aromatic N) is 3. The molecular weight excluding hydrogens is 182 g/mol. The molecule has 0 fully saturated rings. The van der Waals surface area contributed by atoms with Gasteiger partial charge in [-0.25, -0.2) is 0 Å². The molecule has 1 rings (SSSR count). The third-order valence-electron chi connectivity index (χ3n) is 1.79. The quantitative estimate of drug-likeness (QED) is 0.706. The molecule has 0 aliphatic heterocycles. The van der Waals surface area contributed by atoms with Gasteiger partial charge in [0.25, 0.3) is 0 Å². The Labute approximate surface area is 81.4 Å². The zero-order valence-corrected chi connectivity index (χ0v) is 7.64. The number of hydrogen-bond donors (Lipinski definition) is 1. The van der Waals surface area contributed by atoms with Crippen molar-refractivity contribution in [2.75, 3.05) is 7.11 Å². The van der Waals surface area contributed by atoms with Crippen LogP contribution in [0.15, 0.2) is 12.1 Å². The van der Waals surface area contributed by atoms with Crippen LogP contribution < -0.4 is 0 Å². The molecule has 1 atom stereocenters. The number of ether oxygens (including phenoxy) is 1. The molecule has 0 radical (unpaired) electrons. The van der Waals surface area contributed by atoms with E-state index in [2.05, 4.69) is 0 Å². The summed E-state index contributed by atoms with van der Waals surface area (Å²) in [7, 11) is 1.48. The van der Waals surface area contributed by atoms with Crippen LogP contribution in [0.25, 0.3) is 0 Å². The number of aromatic nitrogens is 1. The molecule has 5 heteroatoms. The molecule has 1 aromatic rings. The number of methoxy groups -OCH3 is 1. The monoisotopic (exact) mass is 191 g/mol. The lowest BCUT2D eigenvalue weighted by Crippen LogP contribution is -2.09. The predicted octanol–water partition coefficient (Wildman–Crippen LogP) is 0.521. The zero-order chi connectivity index (χ0) is 10.6. The van der Waals surface area contributed by atoms with Gasteiger partial charge >= 0.3 is 0 Å². The fourth-order valence-electron chi connectivity index (χ4n) is 1.16. The van der Waals surface area contributed by atoms with Gasteiger partial charge in [0, 0.05) is 7.11 Å². The molecule has 0 bridgehead atoms. The predicted molar refractivity (Wildman–Crippen MR) is 46.7 cm³/mol. The minimum absolute atomic E-state index is 0.143. The van der Waals surface area contributed by atoms with E-state index in [0.29, 0.717) is 11.4 Å². The molecule has 0 amide bonds. The van der Waals surface area contributed by atoms with E-state index in [4.69, 9.17) is 15.3 Å². The largest absolute Gasteiger partial charge is 0.373 e. The summed E-state index contributed by atoms with van der Waals surface area (Å²) in [5.74, 6) is 0. The standard InChI is InChI=1S/C9H9N3O2/c1-14-6-12-7(4-10)2-3-8(12)9(13)5-11/h2-3,9,13H,6H2,1H3/t9-/m0/s1. The maximum absolute atomic E-state index is 9.30. The van der Waals surface area contributed by atoms with E-state index in [1.165, 1.54) is 23.8 Å². The van der Waals surface area contributed by atoms with Gasteiger partial charge in [-0.05, 0) is 12.1 Å². The highest BCUT2D eigenvalue weighted by atomic mass is 16.5. The summed E-state index contributed by atoms with van der Waals surface area (Å²) in [5.41, 5.74) is 0.724. The van der Waals surface area contributed by atoms with Gasteiger partial charge in [0.05, 0.1) is 5.69 Å². The number of aliphatic hydroxyl groups excluding tert-OH is 1. The van der Waals surface area contributed by atoms with Crippen LogP contribution in [0.2, 0.25) is 0 Å². The van der Waals surface area contributed by atoms with Crippen molar-refractivity contribution >= 4 is 0 Å². The van der Waals surface area contributed by atoms with Gasteiger partial charge in [-0.15, -0.1) is 0 Å². The fourth-order valence-corrected chi connectivity index (χ4v) is 1.16. The second-order valence-corrected chi connectivity index (χ2v) is 2.63. The molecule has 0 unspecified atom stereocenters. The summed E-state index contributed by atoms with van der Waals surface area (Å²) in [5, 5.41) is 26.5. The lowest BCUT2D eigenvalue weighted by Gasteiger charge is -2.09. The molecule has 1 N–H and O–H groups in total. The molecule has 72 valence electrons. The van der Waals surface area contributed by atoms with E-state index in [1.807, 2.05) is 6.07 Å². The van der Waals surface area contributed by atoms with Crippen molar-refractivity contribution in [1.82, 2.24) is 4.57 Å². The van der Waals surface area contributed by atoms with Crippen molar-refractivity contribution in [3.63, 3.8) is 0 Å². The molecular formula is C9H9N3O2. The Balaban J connectivity index is 3.13. The molecule has 0 aromatic carbocycles. The topological polar surface area (TPSA) is 82.0 Å². The molecule has 0 saturated heterocycles. The first-order valence-electron chi connectivity index (χ1n) is 3.90. The number of hydrogen-bond acceptors (Lipinski definition) is 4. The van der Waals surface area contributed by atoms with Crippen LogP contribution in [0.4, 0.5) is 0 Å². The van der Waals surface area contributed by atoms with Gasteiger partial charge < -0.3 is 14.4 Å². The molecule has 0 saturated carbocycles. The van der Waals surface area contributed by atoms with Gasteiger partial charge in [0.15, 0.2) is 6.10 Å². The van der Waals surface area contributed by atoms with Crippen LogP contribution in [-0.2, 0) is 11.5 Å². The van der Waals surface area contributed by atoms with Crippen molar-refractivity contribution in [2.45, 2.75) is 12.8 Å². The van der Waals surface area contributed by atoms with Gasteiger partial charge in [-0.1, -0.05) is 0 Å². The van der Waals surface area contributed by atoms with E-state index in [1.54, 1.807) is 6.07 Å². The normalized spacial score (nSPS) is 11.7. The molecule has 1 heterocycles. The van der Waals surface area contributed by atoms with Gasteiger partial charge in [-0.2, -0.15) is 10.5 Å². The van der Waals surface area contributed by atoms with Crippen LogP contribution in [0, 0.1) is 22.7 Å². The minimum atomic E-state index is -1.23. The maximum Gasteiger partial charge on any atom is 0.181 e. The Morgan fingerprint density at radius 3 is 2.79 bits per heavy atom. The molecule has 14 heavy (non-hydrogen) atoms. The Morgan fingerprint density at radius 2 is 2.29 bits per heavy atom. The van der Waals surface area contributed by atoms with Crippen LogP contribution in [0.1, 0.15) is 17.5 Å². The Hall–Kier alpha value is -1.82. The van der Waals surface area contributed by atoms with Gasteiger partial charge in [0.2, 0.25) is 0 Å². The highest BCUT2D eigenvalue weighted by Gasteiger charge is 2.14. The van der Waals surface area contributed by atoms with Crippen molar-refractivity contribution in [2.24, 2.45) is 0 Å². The van der Waals surface area contributed by atoms with E-state index in [-0.39, 0.29) is 6.73 Å². The summed E-state index contributed by atoms with van der Waals surface area (Å²) in [6.45, 7) is 0.143. The summed E-state index contributed by atoms with van der Waals surface area (Å²) in [6, 6.07) is 6.70. The average Bonchev–Trinajstić information content (AvgIpc) is 2.60. The lowest BCUT2D eigenvalue weighted by atomic mass is 10.3. The van der Waals surface area contributed by atoms with Crippen LogP contribution in [-0.4, -0.2) is 16.8 Å². The molecule has 0 aliphatic carbocycles. The summed E-state index contributed by atoms with van der Waals surface area (Å²) < 4.78 is 6.31. The average molecular weight is 191 g/mol. The fraction of sp³-hybridized carbons (Fsp3) is 0.333. The summed E-state index contributed by atoms with van der Waals surface area (Å²) in [6.07, 6.45) is -1.23. The highest BCUT2D eigenvalue weighted by molar-refractivity contribution is 5.29. The molecule has 1 aromatic heterocycles. The number of aliphatic hydroxyl groups is 1. The van der Waals surface area contributed by atoms with E-state index in [9.17, 15) is 5.11 Å². The van der Waals surface area contributed by atoms with Crippen LogP contribution in [0.3, 0.4) is 0 Å². The van der Waals surface area contributed by atoms with Crippen molar-refractivity contribution in [3.8, 4) is 12.1 Å². The third-order valence-corrected chi connectivity index (χ3v) is 1.79. The van der Waals surface area contributed by atoms with E-state index in [0.717, 1.165) is 0 Å².